The highest BCUT2D eigenvalue weighted by Gasteiger charge is 2.15. The zero-order valence-corrected chi connectivity index (χ0v) is 16.0. The number of hydrogen-bond donors (Lipinski definition) is 0. The van der Waals surface area contributed by atoms with Crippen molar-refractivity contribution in [3.05, 3.63) is 47.4 Å². The van der Waals surface area contributed by atoms with Crippen LogP contribution in [0.25, 0.3) is 11.5 Å². The van der Waals surface area contributed by atoms with E-state index in [1.54, 1.807) is 0 Å². The molecule has 25 heavy (non-hydrogen) atoms. The minimum Gasteiger partial charge on any atom is -0.411 e. The molecule has 0 saturated carbocycles. The fourth-order valence-corrected chi connectivity index (χ4v) is 3.03. The third-order valence-corrected chi connectivity index (χ3v) is 4.58. The van der Waals surface area contributed by atoms with Crippen molar-refractivity contribution in [2.75, 3.05) is 0 Å². The summed E-state index contributed by atoms with van der Waals surface area (Å²) < 4.78 is 5.84. The topological polar surface area (TPSA) is 64.7 Å². The molecule has 6 heteroatoms. The van der Waals surface area contributed by atoms with E-state index in [1.807, 2.05) is 37.3 Å². The van der Waals surface area contributed by atoms with Crippen LogP contribution in [0.5, 0.6) is 0 Å². The number of hydrogen-bond acceptors (Lipinski definition) is 6. The summed E-state index contributed by atoms with van der Waals surface area (Å²) in [5.74, 6) is 1.98. The lowest BCUT2D eigenvalue weighted by Crippen LogP contribution is -2.03. The third-order valence-electron chi connectivity index (χ3n) is 3.82. The highest BCUT2D eigenvalue weighted by molar-refractivity contribution is 7.99. The van der Waals surface area contributed by atoms with E-state index in [0.717, 1.165) is 27.7 Å². The lowest BCUT2D eigenvalue weighted by atomic mass is 10.1. The molecule has 0 fully saturated rings. The molecule has 0 radical (unpaired) electrons. The minimum atomic E-state index is 0.267. The van der Waals surface area contributed by atoms with Crippen molar-refractivity contribution < 1.29 is 4.42 Å². The van der Waals surface area contributed by atoms with Crippen LogP contribution in [-0.2, 0) is 0 Å². The van der Waals surface area contributed by atoms with Gasteiger partial charge < -0.3 is 4.42 Å². The van der Waals surface area contributed by atoms with Gasteiger partial charge >= 0.3 is 0 Å². The van der Waals surface area contributed by atoms with Crippen LogP contribution in [0, 0.1) is 6.92 Å². The van der Waals surface area contributed by atoms with Crippen LogP contribution < -0.4 is 0 Å². The van der Waals surface area contributed by atoms with E-state index in [0.29, 0.717) is 17.0 Å². The Morgan fingerprint density at radius 2 is 1.72 bits per heavy atom. The predicted octanol–water partition coefficient (Wildman–Crippen LogP) is 5.23. The summed E-state index contributed by atoms with van der Waals surface area (Å²) in [4.78, 5) is 9.28. The summed E-state index contributed by atoms with van der Waals surface area (Å²) in [6.45, 7) is 10.5. The zero-order chi connectivity index (χ0) is 18.0. The highest BCUT2D eigenvalue weighted by atomic mass is 32.2. The average molecular weight is 354 g/mol. The average Bonchev–Trinajstić information content (AvgIpc) is 3.03. The zero-order valence-electron chi connectivity index (χ0n) is 15.1. The van der Waals surface area contributed by atoms with Gasteiger partial charge in [-0.15, -0.1) is 10.2 Å². The number of rotatable bonds is 5. The van der Waals surface area contributed by atoms with Crippen LogP contribution in [0.1, 0.15) is 56.6 Å². The molecule has 0 saturated heterocycles. The molecule has 0 amide bonds. The SMILES string of the molecule is Cc1ccccc1-c1nnc(Sc2cc(C(C)C)nc(C(C)C)n2)o1. The molecule has 1 aromatic carbocycles. The Labute approximate surface area is 152 Å². The predicted molar refractivity (Wildman–Crippen MR) is 98.8 cm³/mol. The molecule has 0 spiro atoms. The van der Waals surface area contributed by atoms with E-state index in [4.69, 9.17) is 4.42 Å². The molecule has 5 nitrogen and oxygen atoms in total. The Morgan fingerprint density at radius 1 is 0.960 bits per heavy atom. The van der Waals surface area contributed by atoms with Crippen molar-refractivity contribution in [1.82, 2.24) is 20.2 Å². The lowest BCUT2D eigenvalue weighted by molar-refractivity contribution is 0.465. The van der Waals surface area contributed by atoms with Crippen molar-refractivity contribution in [1.29, 1.82) is 0 Å². The first-order valence-corrected chi connectivity index (χ1v) is 9.22. The van der Waals surface area contributed by atoms with Crippen molar-refractivity contribution >= 4 is 11.8 Å². The van der Waals surface area contributed by atoms with Gasteiger partial charge in [-0.25, -0.2) is 9.97 Å². The molecule has 2 heterocycles. The summed E-state index contributed by atoms with van der Waals surface area (Å²) >= 11 is 1.38. The second kappa shape index (κ2) is 7.35. The maximum absolute atomic E-state index is 5.84. The molecule has 130 valence electrons. The first-order valence-electron chi connectivity index (χ1n) is 8.40. The van der Waals surface area contributed by atoms with Crippen molar-refractivity contribution in [3.63, 3.8) is 0 Å². The Morgan fingerprint density at radius 3 is 2.40 bits per heavy atom. The molecule has 0 unspecified atom stereocenters. The van der Waals surface area contributed by atoms with Gasteiger partial charge in [-0.1, -0.05) is 45.9 Å². The lowest BCUT2D eigenvalue weighted by Gasteiger charge is -2.11. The Bertz CT molecular complexity index is 847. The van der Waals surface area contributed by atoms with Gasteiger partial charge in [0.2, 0.25) is 5.89 Å². The fourth-order valence-electron chi connectivity index (χ4n) is 2.33. The van der Waals surface area contributed by atoms with E-state index < -0.39 is 0 Å². The molecule has 0 aliphatic carbocycles. The van der Waals surface area contributed by atoms with E-state index in [1.165, 1.54) is 11.8 Å². The Hall–Kier alpha value is -2.21. The second-order valence-corrected chi connectivity index (χ2v) is 7.56. The maximum atomic E-state index is 5.84. The van der Waals surface area contributed by atoms with Crippen LogP contribution in [0.15, 0.2) is 45.0 Å². The largest absolute Gasteiger partial charge is 0.411 e. The second-order valence-electron chi connectivity index (χ2n) is 6.59. The standard InChI is InChI=1S/C19H22N4OS/c1-11(2)15-10-16(21-17(20-15)12(3)4)25-19-23-22-18(24-19)14-9-7-6-8-13(14)5/h6-12H,1-5H3. The Kier molecular flexibility index (Phi) is 5.18. The molecule has 2 aromatic heterocycles. The molecule has 0 aliphatic rings. The van der Waals surface area contributed by atoms with Gasteiger partial charge in [-0.2, -0.15) is 0 Å². The Balaban J connectivity index is 1.89. The first kappa shape index (κ1) is 17.6. The van der Waals surface area contributed by atoms with Gasteiger partial charge in [-0.3, -0.25) is 0 Å². The quantitative estimate of drug-likeness (QED) is 0.584. The summed E-state index contributed by atoms with van der Waals surface area (Å²) in [5, 5.41) is 9.66. The van der Waals surface area contributed by atoms with E-state index in [9.17, 15) is 0 Å². The summed E-state index contributed by atoms with van der Waals surface area (Å²) in [6.07, 6.45) is 0. The molecule has 0 bridgehead atoms. The number of aromatic nitrogens is 4. The van der Waals surface area contributed by atoms with Gasteiger partial charge in [0, 0.05) is 17.2 Å². The van der Waals surface area contributed by atoms with Crippen LogP contribution in [-0.4, -0.2) is 20.2 Å². The fraction of sp³-hybridized carbons (Fsp3) is 0.368. The van der Waals surface area contributed by atoms with Crippen LogP contribution in [0.3, 0.4) is 0 Å². The molecule has 0 aliphatic heterocycles. The number of nitrogens with zero attached hydrogens (tertiary/aromatic N) is 4. The molecule has 3 rings (SSSR count). The summed E-state index contributed by atoms with van der Waals surface area (Å²) in [6, 6.07) is 9.97. The monoisotopic (exact) mass is 354 g/mol. The van der Waals surface area contributed by atoms with Gasteiger partial charge in [-0.05, 0) is 42.3 Å². The summed E-state index contributed by atoms with van der Waals surface area (Å²) in [5.41, 5.74) is 3.09. The van der Waals surface area contributed by atoms with E-state index in [2.05, 4.69) is 47.9 Å². The molecular weight excluding hydrogens is 332 g/mol. The number of benzene rings is 1. The summed E-state index contributed by atoms with van der Waals surface area (Å²) in [7, 11) is 0. The highest BCUT2D eigenvalue weighted by Crippen LogP contribution is 2.31. The normalized spacial score (nSPS) is 11.5. The van der Waals surface area contributed by atoms with E-state index >= 15 is 0 Å². The number of aryl methyl sites for hydroxylation is 1. The van der Waals surface area contributed by atoms with E-state index in [-0.39, 0.29) is 5.92 Å². The molecule has 3 aromatic rings. The van der Waals surface area contributed by atoms with Gasteiger partial charge in [0.15, 0.2) is 0 Å². The van der Waals surface area contributed by atoms with Crippen LogP contribution in [0.2, 0.25) is 0 Å². The third kappa shape index (κ3) is 4.07. The molecule has 0 atom stereocenters. The minimum absolute atomic E-state index is 0.267. The van der Waals surface area contributed by atoms with Gasteiger partial charge in [0.1, 0.15) is 10.9 Å². The van der Waals surface area contributed by atoms with Gasteiger partial charge in [0.05, 0.1) is 0 Å². The van der Waals surface area contributed by atoms with Crippen molar-refractivity contribution in [2.24, 2.45) is 0 Å². The van der Waals surface area contributed by atoms with Crippen molar-refractivity contribution in [3.8, 4) is 11.5 Å². The van der Waals surface area contributed by atoms with Crippen molar-refractivity contribution in [2.45, 2.75) is 56.7 Å². The molecule has 0 N–H and O–H groups in total. The smallest absolute Gasteiger partial charge is 0.283 e. The first-order chi connectivity index (χ1) is 11.9. The maximum Gasteiger partial charge on any atom is 0.283 e. The molecular formula is C19H22N4OS. The van der Waals surface area contributed by atoms with Crippen LogP contribution in [0.4, 0.5) is 0 Å². The van der Waals surface area contributed by atoms with Crippen LogP contribution >= 0.6 is 11.8 Å². The van der Waals surface area contributed by atoms with Gasteiger partial charge in [0.25, 0.3) is 5.22 Å².